The standard InChI is InChI=1S/C18H20Cl2N6S/c1-13-8-22-25(10-13)6-2-5-21-18(27)24-16-9-23-26(12-16)11-14-3-4-15(19)7-17(14)20/h3-4,7-10,12H,2,5-6,11H2,1H3,(H2,21,24,27). The molecule has 2 aromatic heterocycles. The van der Waals surface area contributed by atoms with E-state index in [-0.39, 0.29) is 0 Å². The summed E-state index contributed by atoms with van der Waals surface area (Å²) < 4.78 is 3.72. The van der Waals surface area contributed by atoms with E-state index < -0.39 is 0 Å². The Balaban J connectivity index is 1.43. The summed E-state index contributed by atoms with van der Waals surface area (Å²) in [6.45, 7) is 4.20. The van der Waals surface area contributed by atoms with E-state index in [4.69, 9.17) is 35.4 Å². The average Bonchev–Trinajstić information content (AvgIpc) is 3.23. The molecule has 0 aliphatic carbocycles. The largest absolute Gasteiger partial charge is 0.362 e. The van der Waals surface area contributed by atoms with E-state index in [0.717, 1.165) is 36.3 Å². The summed E-state index contributed by atoms with van der Waals surface area (Å²) >= 11 is 17.5. The second-order valence-corrected chi connectivity index (χ2v) is 7.43. The third kappa shape index (κ3) is 5.95. The maximum absolute atomic E-state index is 6.21. The minimum Gasteiger partial charge on any atom is -0.362 e. The first kappa shape index (κ1) is 19.7. The van der Waals surface area contributed by atoms with Crippen molar-refractivity contribution in [2.75, 3.05) is 11.9 Å². The smallest absolute Gasteiger partial charge is 0.170 e. The third-order valence-electron chi connectivity index (χ3n) is 3.85. The van der Waals surface area contributed by atoms with Gasteiger partial charge in [0.05, 0.1) is 24.6 Å². The lowest BCUT2D eigenvalue weighted by Gasteiger charge is -2.09. The molecule has 3 rings (SSSR count). The molecular formula is C18H20Cl2N6S. The van der Waals surface area contributed by atoms with Crippen molar-refractivity contribution in [1.82, 2.24) is 24.9 Å². The van der Waals surface area contributed by atoms with Crippen LogP contribution in [0.5, 0.6) is 0 Å². The predicted octanol–water partition coefficient (Wildman–Crippen LogP) is 4.12. The van der Waals surface area contributed by atoms with Gasteiger partial charge in [-0.3, -0.25) is 9.36 Å². The SMILES string of the molecule is Cc1cnn(CCCNC(=S)Nc2cnn(Cc3ccc(Cl)cc3Cl)c2)c1. The second kappa shape index (κ2) is 9.21. The molecule has 0 bridgehead atoms. The maximum atomic E-state index is 6.21. The summed E-state index contributed by atoms with van der Waals surface area (Å²) in [6.07, 6.45) is 8.42. The molecule has 2 heterocycles. The molecule has 0 aliphatic heterocycles. The van der Waals surface area contributed by atoms with Crippen LogP contribution in [0.2, 0.25) is 10.0 Å². The Labute approximate surface area is 173 Å². The van der Waals surface area contributed by atoms with Crippen LogP contribution in [-0.2, 0) is 13.1 Å². The molecule has 0 saturated carbocycles. The van der Waals surface area contributed by atoms with Gasteiger partial charge >= 0.3 is 0 Å². The van der Waals surface area contributed by atoms with Gasteiger partial charge in [0.25, 0.3) is 0 Å². The fourth-order valence-electron chi connectivity index (χ4n) is 2.55. The Kier molecular flexibility index (Phi) is 6.71. The molecule has 0 aliphatic rings. The van der Waals surface area contributed by atoms with Crippen molar-refractivity contribution in [2.24, 2.45) is 0 Å². The van der Waals surface area contributed by atoms with Crippen molar-refractivity contribution in [2.45, 2.75) is 26.4 Å². The van der Waals surface area contributed by atoms with Gasteiger partial charge in [-0.15, -0.1) is 0 Å². The predicted molar refractivity (Wildman–Crippen MR) is 114 cm³/mol. The Morgan fingerprint density at radius 1 is 1.15 bits per heavy atom. The number of hydrogen-bond donors (Lipinski definition) is 2. The molecule has 0 saturated heterocycles. The summed E-state index contributed by atoms with van der Waals surface area (Å²) in [7, 11) is 0. The fraction of sp³-hybridized carbons (Fsp3) is 0.278. The molecule has 27 heavy (non-hydrogen) atoms. The number of hydrogen-bond acceptors (Lipinski definition) is 3. The first-order valence-corrected chi connectivity index (χ1v) is 9.66. The van der Waals surface area contributed by atoms with Crippen LogP contribution in [0.1, 0.15) is 17.5 Å². The molecule has 0 radical (unpaired) electrons. The lowest BCUT2D eigenvalue weighted by Crippen LogP contribution is -2.29. The van der Waals surface area contributed by atoms with E-state index in [2.05, 4.69) is 20.8 Å². The summed E-state index contributed by atoms with van der Waals surface area (Å²) in [5.41, 5.74) is 2.93. The van der Waals surface area contributed by atoms with E-state index in [1.54, 1.807) is 16.9 Å². The number of rotatable bonds is 7. The highest BCUT2D eigenvalue weighted by molar-refractivity contribution is 7.80. The molecule has 0 unspecified atom stereocenters. The highest BCUT2D eigenvalue weighted by atomic mass is 35.5. The van der Waals surface area contributed by atoms with Gasteiger partial charge in [-0.1, -0.05) is 29.3 Å². The quantitative estimate of drug-likeness (QED) is 0.442. The van der Waals surface area contributed by atoms with Crippen molar-refractivity contribution >= 4 is 46.2 Å². The maximum Gasteiger partial charge on any atom is 0.170 e. The number of aryl methyl sites for hydroxylation is 2. The molecule has 6 nitrogen and oxygen atoms in total. The molecule has 0 fully saturated rings. The molecule has 142 valence electrons. The Morgan fingerprint density at radius 2 is 1.96 bits per heavy atom. The van der Waals surface area contributed by atoms with Crippen LogP contribution in [0.15, 0.2) is 43.0 Å². The zero-order chi connectivity index (χ0) is 19.2. The van der Waals surface area contributed by atoms with Crippen LogP contribution in [0, 0.1) is 6.92 Å². The summed E-state index contributed by atoms with van der Waals surface area (Å²) in [5, 5.41) is 16.7. The van der Waals surface area contributed by atoms with Gasteiger partial charge in [-0.2, -0.15) is 10.2 Å². The summed E-state index contributed by atoms with van der Waals surface area (Å²) in [5.74, 6) is 0. The number of thiocarbonyl (C=S) groups is 1. The van der Waals surface area contributed by atoms with Crippen molar-refractivity contribution in [3.8, 4) is 0 Å². The number of nitrogens with zero attached hydrogens (tertiary/aromatic N) is 4. The van der Waals surface area contributed by atoms with E-state index in [0.29, 0.717) is 21.7 Å². The first-order chi connectivity index (χ1) is 13.0. The van der Waals surface area contributed by atoms with Crippen LogP contribution >= 0.6 is 35.4 Å². The molecule has 0 amide bonds. The van der Waals surface area contributed by atoms with E-state index >= 15 is 0 Å². The van der Waals surface area contributed by atoms with Gasteiger partial charge in [0.2, 0.25) is 0 Å². The highest BCUT2D eigenvalue weighted by Crippen LogP contribution is 2.22. The number of benzene rings is 1. The zero-order valence-corrected chi connectivity index (χ0v) is 17.2. The Hall–Kier alpha value is -2.09. The Morgan fingerprint density at radius 3 is 2.70 bits per heavy atom. The summed E-state index contributed by atoms with van der Waals surface area (Å²) in [4.78, 5) is 0. The summed E-state index contributed by atoms with van der Waals surface area (Å²) in [6, 6.07) is 5.44. The number of nitrogens with one attached hydrogen (secondary N) is 2. The first-order valence-electron chi connectivity index (χ1n) is 8.50. The minimum absolute atomic E-state index is 0.557. The van der Waals surface area contributed by atoms with Crippen molar-refractivity contribution in [1.29, 1.82) is 0 Å². The fourth-order valence-corrected chi connectivity index (χ4v) is 3.23. The monoisotopic (exact) mass is 422 g/mol. The van der Waals surface area contributed by atoms with Crippen LogP contribution in [0.3, 0.4) is 0 Å². The molecule has 0 spiro atoms. The molecule has 1 aromatic carbocycles. The number of anilines is 1. The lowest BCUT2D eigenvalue weighted by molar-refractivity contribution is 0.573. The minimum atomic E-state index is 0.557. The van der Waals surface area contributed by atoms with Crippen molar-refractivity contribution < 1.29 is 0 Å². The topological polar surface area (TPSA) is 59.7 Å². The number of halogens is 2. The third-order valence-corrected chi connectivity index (χ3v) is 4.68. The molecule has 2 N–H and O–H groups in total. The average molecular weight is 423 g/mol. The van der Waals surface area contributed by atoms with Crippen LogP contribution in [0.4, 0.5) is 5.69 Å². The molecule has 0 atom stereocenters. The van der Waals surface area contributed by atoms with Crippen LogP contribution in [-0.4, -0.2) is 31.2 Å². The van der Waals surface area contributed by atoms with E-state index in [9.17, 15) is 0 Å². The lowest BCUT2D eigenvalue weighted by atomic mass is 10.2. The zero-order valence-electron chi connectivity index (χ0n) is 14.8. The normalized spacial score (nSPS) is 10.8. The molecule has 9 heteroatoms. The van der Waals surface area contributed by atoms with Gasteiger partial charge in [-0.05, 0) is 48.8 Å². The molecule has 3 aromatic rings. The second-order valence-electron chi connectivity index (χ2n) is 6.18. The Bertz CT molecular complexity index is 920. The molecular weight excluding hydrogens is 403 g/mol. The van der Waals surface area contributed by atoms with Gasteiger partial charge in [0.15, 0.2) is 5.11 Å². The van der Waals surface area contributed by atoms with Crippen LogP contribution in [0.25, 0.3) is 0 Å². The van der Waals surface area contributed by atoms with Gasteiger partial charge < -0.3 is 10.6 Å². The van der Waals surface area contributed by atoms with Gasteiger partial charge in [-0.25, -0.2) is 0 Å². The van der Waals surface area contributed by atoms with E-state index in [1.165, 1.54) is 0 Å². The van der Waals surface area contributed by atoms with Crippen LogP contribution < -0.4 is 10.6 Å². The highest BCUT2D eigenvalue weighted by Gasteiger charge is 2.05. The van der Waals surface area contributed by atoms with Gasteiger partial charge in [0, 0.05) is 35.5 Å². The van der Waals surface area contributed by atoms with Gasteiger partial charge in [0.1, 0.15) is 0 Å². The van der Waals surface area contributed by atoms with Crippen molar-refractivity contribution in [3.05, 3.63) is 64.2 Å². The number of aromatic nitrogens is 4. The van der Waals surface area contributed by atoms with Crippen molar-refractivity contribution in [3.63, 3.8) is 0 Å². The van der Waals surface area contributed by atoms with E-state index in [1.807, 2.05) is 42.3 Å².